The van der Waals surface area contributed by atoms with Gasteiger partial charge in [0, 0.05) is 22.8 Å². The molecule has 2 N–H and O–H groups in total. The Labute approximate surface area is 132 Å². The predicted octanol–water partition coefficient (Wildman–Crippen LogP) is 4.64. The summed E-state index contributed by atoms with van der Waals surface area (Å²) in [5.74, 6) is 0. The number of nitrogens with zero attached hydrogens (tertiary/aromatic N) is 1. The Balaban J connectivity index is 2.26. The van der Waals surface area contributed by atoms with Crippen LogP contribution >= 0.6 is 11.3 Å². The molecule has 2 aromatic rings. The molecule has 0 saturated heterocycles. The molecule has 0 aliphatic heterocycles. The van der Waals surface area contributed by atoms with Gasteiger partial charge in [0.05, 0.1) is 10.7 Å². The maximum Gasteiger partial charge on any atom is 0.0950 e. The summed E-state index contributed by atoms with van der Waals surface area (Å²) in [5.41, 5.74) is 8.90. The fourth-order valence-corrected chi connectivity index (χ4v) is 3.70. The Morgan fingerprint density at radius 1 is 1.14 bits per heavy atom. The number of thiazole rings is 1. The van der Waals surface area contributed by atoms with Crippen molar-refractivity contribution in [3.05, 3.63) is 52.0 Å². The van der Waals surface area contributed by atoms with E-state index in [-0.39, 0.29) is 11.0 Å². The highest BCUT2D eigenvalue weighted by Gasteiger charge is 2.28. The molecule has 1 unspecified atom stereocenters. The first-order chi connectivity index (χ1) is 9.85. The second kappa shape index (κ2) is 6.29. The molecule has 2 rings (SSSR count). The third kappa shape index (κ3) is 3.92. The third-order valence-corrected chi connectivity index (χ3v) is 4.68. The molecule has 1 heterocycles. The summed E-state index contributed by atoms with van der Waals surface area (Å²) in [6.45, 7) is 8.79. The van der Waals surface area contributed by atoms with E-state index >= 15 is 0 Å². The van der Waals surface area contributed by atoms with Crippen LogP contribution in [0.5, 0.6) is 0 Å². The van der Waals surface area contributed by atoms with Crippen molar-refractivity contribution in [1.29, 1.82) is 0 Å². The van der Waals surface area contributed by atoms with Crippen molar-refractivity contribution >= 4 is 11.3 Å². The Morgan fingerprint density at radius 2 is 1.81 bits per heavy atom. The molecule has 1 atom stereocenters. The van der Waals surface area contributed by atoms with E-state index in [2.05, 4.69) is 57.3 Å². The molecule has 0 aliphatic carbocycles. The van der Waals surface area contributed by atoms with E-state index in [9.17, 15) is 0 Å². The first kappa shape index (κ1) is 16.2. The van der Waals surface area contributed by atoms with Crippen LogP contribution in [0.15, 0.2) is 35.7 Å². The van der Waals surface area contributed by atoms with Crippen molar-refractivity contribution in [2.45, 2.75) is 57.9 Å². The summed E-state index contributed by atoms with van der Waals surface area (Å²) < 4.78 is 0. The second-order valence-electron chi connectivity index (χ2n) is 6.83. The van der Waals surface area contributed by atoms with Gasteiger partial charge in [0.2, 0.25) is 0 Å². The van der Waals surface area contributed by atoms with Crippen LogP contribution in [0.1, 0.15) is 56.8 Å². The lowest BCUT2D eigenvalue weighted by Crippen LogP contribution is -2.39. The number of rotatable bonds is 5. The number of nitrogens with two attached hydrogens (primary N) is 1. The second-order valence-corrected chi connectivity index (χ2v) is 7.77. The zero-order valence-electron chi connectivity index (χ0n) is 13.5. The van der Waals surface area contributed by atoms with Crippen molar-refractivity contribution in [3.8, 4) is 0 Å². The van der Waals surface area contributed by atoms with Crippen molar-refractivity contribution in [2.24, 2.45) is 5.73 Å². The Bertz CT molecular complexity index is 568. The Kier molecular flexibility index (Phi) is 4.84. The fourth-order valence-electron chi connectivity index (χ4n) is 2.56. The van der Waals surface area contributed by atoms with E-state index in [1.54, 1.807) is 11.3 Å². The van der Waals surface area contributed by atoms with Gasteiger partial charge in [0.1, 0.15) is 0 Å². The average Bonchev–Trinajstić information content (AvgIpc) is 2.88. The molecule has 0 fully saturated rings. The van der Waals surface area contributed by atoms with E-state index in [0.29, 0.717) is 0 Å². The lowest BCUT2D eigenvalue weighted by atomic mass is 9.84. The van der Waals surface area contributed by atoms with E-state index < -0.39 is 0 Å². The molecule has 114 valence electrons. The highest BCUT2D eigenvalue weighted by atomic mass is 32.1. The smallest absolute Gasteiger partial charge is 0.0950 e. The van der Waals surface area contributed by atoms with Gasteiger partial charge in [-0.25, -0.2) is 4.98 Å². The van der Waals surface area contributed by atoms with Gasteiger partial charge in [0.25, 0.3) is 0 Å². The summed E-state index contributed by atoms with van der Waals surface area (Å²) in [6.07, 6.45) is 2.86. The molecule has 0 amide bonds. The normalized spacial score (nSPS) is 14.9. The Morgan fingerprint density at radius 3 is 2.33 bits per heavy atom. The maximum absolute atomic E-state index is 6.75. The van der Waals surface area contributed by atoms with E-state index in [0.717, 1.165) is 30.0 Å². The van der Waals surface area contributed by atoms with E-state index in [1.807, 2.05) is 6.07 Å². The van der Waals surface area contributed by atoms with Crippen LogP contribution in [0.25, 0.3) is 0 Å². The minimum absolute atomic E-state index is 0.101. The lowest BCUT2D eigenvalue weighted by molar-refractivity contribution is 0.399. The summed E-state index contributed by atoms with van der Waals surface area (Å²) >= 11 is 1.73. The van der Waals surface area contributed by atoms with Crippen LogP contribution in [0.2, 0.25) is 0 Å². The van der Waals surface area contributed by atoms with E-state index in [1.165, 1.54) is 5.56 Å². The third-order valence-electron chi connectivity index (χ3n) is 3.83. The molecule has 0 spiro atoms. The molecule has 1 aromatic carbocycles. The molecule has 1 aromatic heterocycles. The van der Waals surface area contributed by atoms with Crippen LogP contribution in [-0.2, 0) is 17.4 Å². The quantitative estimate of drug-likeness (QED) is 0.874. The lowest BCUT2D eigenvalue weighted by Gasteiger charge is -2.29. The molecular formula is C18H26N2S. The highest BCUT2D eigenvalue weighted by Crippen LogP contribution is 2.31. The number of aromatic nitrogens is 1. The van der Waals surface area contributed by atoms with Gasteiger partial charge in [0.15, 0.2) is 0 Å². The van der Waals surface area contributed by atoms with Gasteiger partial charge < -0.3 is 5.73 Å². The zero-order valence-corrected chi connectivity index (χ0v) is 14.3. The van der Waals surface area contributed by atoms with Crippen LogP contribution < -0.4 is 5.73 Å². The zero-order chi connectivity index (χ0) is 15.5. The summed E-state index contributed by atoms with van der Waals surface area (Å²) in [4.78, 5) is 4.81. The molecule has 0 bridgehead atoms. The summed E-state index contributed by atoms with van der Waals surface area (Å²) in [6, 6.07) is 10.4. The largest absolute Gasteiger partial charge is 0.321 e. The average molecular weight is 302 g/mol. The minimum atomic E-state index is -0.316. The van der Waals surface area contributed by atoms with Crippen LogP contribution in [-0.4, -0.2) is 4.98 Å². The van der Waals surface area contributed by atoms with E-state index in [4.69, 9.17) is 10.7 Å². The van der Waals surface area contributed by atoms with Crippen LogP contribution in [0.4, 0.5) is 0 Å². The summed E-state index contributed by atoms with van der Waals surface area (Å²) in [7, 11) is 0. The monoisotopic (exact) mass is 302 g/mol. The van der Waals surface area contributed by atoms with Gasteiger partial charge in [-0.15, -0.1) is 11.3 Å². The molecular weight excluding hydrogens is 276 g/mol. The van der Waals surface area contributed by atoms with Gasteiger partial charge in [-0.2, -0.15) is 0 Å². The maximum atomic E-state index is 6.75. The fraction of sp³-hybridized carbons (Fsp3) is 0.500. The van der Waals surface area contributed by atoms with Crippen molar-refractivity contribution in [3.63, 3.8) is 0 Å². The van der Waals surface area contributed by atoms with Crippen molar-refractivity contribution < 1.29 is 0 Å². The van der Waals surface area contributed by atoms with Crippen LogP contribution in [0.3, 0.4) is 0 Å². The first-order valence-corrected chi connectivity index (χ1v) is 8.52. The molecule has 3 heteroatoms. The van der Waals surface area contributed by atoms with Gasteiger partial charge >= 0.3 is 0 Å². The molecule has 2 nitrogen and oxygen atoms in total. The van der Waals surface area contributed by atoms with Gasteiger partial charge in [-0.1, -0.05) is 64.4 Å². The molecule has 21 heavy (non-hydrogen) atoms. The van der Waals surface area contributed by atoms with Gasteiger partial charge in [-0.05, 0) is 12.0 Å². The van der Waals surface area contributed by atoms with Crippen LogP contribution in [0, 0.1) is 0 Å². The van der Waals surface area contributed by atoms with Crippen molar-refractivity contribution in [1.82, 2.24) is 4.98 Å². The van der Waals surface area contributed by atoms with Gasteiger partial charge in [-0.3, -0.25) is 0 Å². The predicted molar refractivity (Wildman–Crippen MR) is 91.7 cm³/mol. The summed E-state index contributed by atoms with van der Waals surface area (Å²) in [5, 5.41) is 3.31. The minimum Gasteiger partial charge on any atom is -0.321 e. The molecule has 0 aliphatic rings. The molecule has 0 saturated carbocycles. The SMILES string of the molecule is CCCC(N)(Cc1nc(C(C)(C)C)cs1)c1ccccc1. The topological polar surface area (TPSA) is 38.9 Å². The molecule has 0 radical (unpaired) electrons. The highest BCUT2D eigenvalue weighted by molar-refractivity contribution is 7.09. The Hall–Kier alpha value is -1.19. The standard InChI is InChI=1S/C18H26N2S/c1-5-11-18(19,14-9-7-6-8-10-14)12-16-20-15(13-21-16)17(2,3)4/h6-10,13H,5,11-12,19H2,1-4H3. The number of hydrogen-bond donors (Lipinski definition) is 1. The van der Waals surface area contributed by atoms with Crippen molar-refractivity contribution in [2.75, 3.05) is 0 Å². The number of benzene rings is 1. The number of hydrogen-bond acceptors (Lipinski definition) is 3. The first-order valence-electron chi connectivity index (χ1n) is 7.64.